The zero-order valence-corrected chi connectivity index (χ0v) is 10.2. The van der Waals surface area contributed by atoms with Gasteiger partial charge in [-0.25, -0.2) is 0 Å². The van der Waals surface area contributed by atoms with Crippen LogP contribution >= 0.6 is 0 Å². The predicted octanol–water partition coefficient (Wildman–Crippen LogP) is 3.01. The number of para-hydroxylation sites is 1. The quantitative estimate of drug-likeness (QED) is 0.545. The molecule has 1 aliphatic heterocycles. The fourth-order valence-corrected chi connectivity index (χ4v) is 3.04. The molecule has 2 heteroatoms. The number of carbonyl (C=O) groups is 1. The average molecular weight is 228 g/mol. The molecule has 0 bridgehead atoms. The van der Waals surface area contributed by atoms with Crippen LogP contribution in [0.4, 0.5) is 0 Å². The molecule has 17 heavy (non-hydrogen) atoms. The maximum absolute atomic E-state index is 11.7. The SMILES string of the molecule is CC1=C(C)C[C@@]2(C=O)c3ccccc3O[C@H]2C1. The van der Waals surface area contributed by atoms with Crippen molar-refractivity contribution >= 4 is 6.29 Å². The van der Waals surface area contributed by atoms with Crippen LogP contribution in [0.5, 0.6) is 5.75 Å². The summed E-state index contributed by atoms with van der Waals surface area (Å²) in [6, 6.07) is 7.93. The minimum atomic E-state index is -0.444. The summed E-state index contributed by atoms with van der Waals surface area (Å²) in [7, 11) is 0. The average Bonchev–Trinajstić information content (AvgIpc) is 2.64. The van der Waals surface area contributed by atoms with Gasteiger partial charge in [0.15, 0.2) is 0 Å². The van der Waals surface area contributed by atoms with Gasteiger partial charge < -0.3 is 9.53 Å². The minimum absolute atomic E-state index is 0.0129. The molecule has 2 aliphatic rings. The Labute approximate surface area is 101 Å². The third-order valence-corrected chi connectivity index (χ3v) is 4.22. The number of rotatable bonds is 1. The second-order valence-corrected chi connectivity index (χ2v) is 5.20. The molecule has 1 aliphatic carbocycles. The normalized spacial score (nSPS) is 30.6. The molecular formula is C15H16O2. The van der Waals surface area contributed by atoms with Gasteiger partial charge in [0.2, 0.25) is 0 Å². The van der Waals surface area contributed by atoms with E-state index in [-0.39, 0.29) is 6.10 Å². The van der Waals surface area contributed by atoms with Crippen molar-refractivity contribution in [2.75, 3.05) is 0 Å². The van der Waals surface area contributed by atoms with Crippen LogP contribution in [0.3, 0.4) is 0 Å². The Bertz CT molecular complexity index is 515. The lowest BCUT2D eigenvalue weighted by Gasteiger charge is -2.34. The summed E-state index contributed by atoms with van der Waals surface area (Å²) in [6.45, 7) is 4.26. The van der Waals surface area contributed by atoms with E-state index in [0.29, 0.717) is 0 Å². The summed E-state index contributed by atoms with van der Waals surface area (Å²) in [5.41, 5.74) is 3.31. The molecule has 1 aromatic carbocycles. The summed E-state index contributed by atoms with van der Waals surface area (Å²) in [6.07, 6.45) is 2.74. The number of fused-ring (bicyclic) bond motifs is 3. The zero-order valence-electron chi connectivity index (χ0n) is 10.2. The third-order valence-electron chi connectivity index (χ3n) is 4.22. The van der Waals surface area contributed by atoms with Gasteiger partial charge in [-0.15, -0.1) is 0 Å². The minimum Gasteiger partial charge on any atom is -0.488 e. The maximum Gasteiger partial charge on any atom is 0.134 e. The van der Waals surface area contributed by atoms with Crippen molar-refractivity contribution in [3.8, 4) is 5.75 Å². The number of ether oxygens (including phenoxy) is 1. The molecule has 0 spiro atoms. The second kappa shape index (κ2) is 3.46. The first kappa shape index (κ1) is 10.6. The highest BCUT2D eigenvalue weighted by Gasteiger charge is 2.50. The van der Waals surface area contributed by atoms with Gasteiger partial charge >= 0.3 is 0 Å². The van der Waals surface area contributed by atoms with Gasteiger partial charge in [0.05, 0.1) is 5.41 Å². The van der Waals surface area contributed by atoms with Crippen molar-refractivity contribution in [1.82, 2.24) is 0 Å². The molecule has 0 unspecified atom stereocenters. The molecule has 0 amide bonds. The Morgan fingerprint density at radius 2 is 2.06 bits per heavy atom. The van der Waals surface area contributed by atoms with E-state index in [1.165, 1.54) is 11.1 Å². The highest BCUT2D eigenvalue weighted by Crippen LogP contribution is 2.50. The van der Waals surface area contributed by atoms with E-state index in [4.69, 9.17) is 4.74 Å². The van der Waals surface area contributed by atoms with Crippen molar-refractivity contribution in [3.63, 3.8) is 0 Å². The van der Waals surface area contributed by atoms with Gasteiger partial charge in [-0.2, -0.15) is 0 Å². The van der Waals surface area contributed by atoms with Crippen LogP contribution in [0.25, 0.3) is 0 Å². The Balaban J connectivity index is 2.16. The summed E-state index contributed by atoms with van der Waals surface area (Å²) in [4.78, 5) is 11.7. The lowest BCUT2D eigenvalue weighted by molar-refractivity contribution is -0.115. The van der Waals surface area contributed by atoms with Crippen LogP contribution in [0, 0.1) is 0 Å². The van der Waals surface area contributed by atoms with Crippen LogP contribution in [0.2, 0.25) is 0 Å². The monoisotopic (exact) mass is 228 g/mol. The molecule has 1 heterocycles. The van der Waals surface area contributed by atoms with Gasteiger partial charge in [0.1, 0.15) is 18.1 Å². The number of carbonyl (C=O) groups excluding carboxylic acids is 1. The van der Waals surface area contributed by atoms with Crippen LogP contribution in [0.1, 0.15) is 32.3 Å². The highest BCUT2D eigenvalue weighted by molar-refractivity contribution is 5.75. The van der Waals surface area contributed by atoms with Gasteiger partial charge in [-0.1, -0.05) is 29.3 Å². The smallest absolute Gasteiger partial charge is 0.134 e. The van der Waals surface area contributed by atoms with Crippen molar-refractivity contribution in [2.24, 2.45) is 0 Å². The van der Waals surface area contributed by atoms with E-state index in [1.807, 2.05) is 24.3 Å². The van der Waals surface area contributed by atoms with E-state index >= 15 is 0 Å². The summed E-state index contributed by atoms with van der Waals surface area (Å²) >= 11 is 0. The van der Waals surface area contributed by atoms with Gasteiger partial charge in [-0.05, 0) is 26.3 Å². The lowest BCUT2D eigenvalue weighted by Crippen LogP contribution is -2.42. The summed E-state index contributed by atoms with van der Waals surface area (Å²) in [5.74, 6) is 0.882. The second-order valence-electron chi connectivity index (χ2n) is 5.20. The fraction of sp³-hybridized carbons (Fsp3) is 0.400. The topological polar surface area (TPSA) is 26.3 Å². The zero-order chi connectivity index (χ0) is 12.0. The van der Waals surface area contributed by atoms with Crippen LogP contribution in [0.15, 0.2) is 35.4 Å². The number of allylic oxidation sites excluding steroid dienone is 1. The van der Waals surface area contributed by atoms with E-state index < -0.39 is 5.41 Å². The van der Waals surface area contributed by atoms with Crippen molar-refractivity contribution in [2.45, 2.75) is 38.2 Å². The Morgan fingerprint density at radius 1 is 1.29 bits per heavy atom. The Hall–Kier alpha value is -1.57. The Kier molecular flexibility index (Phi) is 2.15. The van der Waals surface area contributed by atoms with Crippen LogP contribution in [-0.2, 0) is 10.2 Å². The van der Waals surface area contributed by atoms with E-state index in [0.717, 1.165) is 30.4 Å². The first-order valence-electron chi connectivity index (χ1n) is 6.05. The van der Waals surface area contributed by atoms with Gasteiger partial charge in [0.25, 0.3) is 0 Å². The van der Waals surface area contributed by atoms with Crippen molar-refractivity contribution < 1.29 is 9.53 Å². The molecule has 3 rings (SSSR count). The molecule has 0 N–H and O–H groups in total. The Morgan fingerprint density at radius 3 is 2.82 bits per heavy atom. The molecule has 0 radical (unpaired) electrons. The molecule has 0 saturated heterocycles. The van der Waals surface area contributed by atoms with E-state index in [2.05, 4.69) is 13.8 Å². The molecule has 2 atom stereocenters. The molecular weight excluding hydrogens is 212 g/mol. The van der Waals surface area contributed by atoms with Crippen molar-refractivity contribution in [1.29, 1.82) is 0 Å². The first-order chi connectivity index (χ1) is 8.17. The lowest BCUT2D eigenvalue weighted by atomic mass is 9.68. The maximum atomic E-state index is 11.7. The van der Waals surface area contributed by atoms with E-state index in [1.54, 1.807) is 0 Å². The number of aldehydes is 1. The molecule has 2 nitrogen and oxygen atoms in total. The van der Waals surface area contributed by atoms with Crippen LogP contribution < -0.4 is 4.74 Å². The van der Waals surface area contributed by atoms with Crippen LogP contribution in [-0.4, -0.2) is 12.4 Å². The standard InChI is InChI=1S/C15H16O2/c1-10-7-14-15(9-16,8-11(10)2)12-5-3-4-6-13(12)17-14/h3-6,9,14H,7-8H2,1-2H3/t14-,15+/m0/s1. The van der Waals surface area contributed by atoms with Crippen molar-refractivity contribution in [3.05, 3.63) is 41.0 Å². The third kappa shape index (κ3) is 1.30. The largest absolute Gasteiger partial charge is 0.488 e. The summed E-state index contributed by atoms with van der Waals surface area (Å²) in [5, 5.41) is 0. The van der Waals surface area contributed by atoms with E-state index in [9.17, 15) is 4.79 Å². The molecule has 88 valence electrons. The predicted molar refractivity (Wildman–Crippen MR) is 66.2 cm³/mol. The molecule has 0 saturated carbocycles. The fourth-order valence-electron chi connectivity index (χ4n) is 3.04. The highest BCUT2D eigenvalue weighted by atomic mass is 16.5. The molecule has 0 aromatic heterocycles. The summed E-state index contributed by atoms with van der Waals surface area (Å²) < 4.78 is 5.96. The van der Waals surface area contributed by atoms with Gasteiger partial charge in [0, 0.05) is 12.0 Å². The first-order valence-corrected chi connectivity index (χ1v) is 6.05. The molecule has 1 aromatic rings. The number of hydrogen-bond donors (Lipinski definition) is 0. The number of benzene rings is 1. The number of hydrogen-bond acceptors (Lipinski definition) is 2. The molecule has 0 fully saturated rings. The van der Waals surface area contributed by atoms with Gasteiger partial charge in [-0.3, -0.25) is 0 Å².